The van der Waals surface area contributed by atoms with Gasteiger partial charge in [-0.05, 0) is 55.3 Å². The highest BCUT2D eigenvalue weighted by Gasteiger charge is 2.24. The molecule has 0 spiro atoms. The van der Waals surface area contributed by atoms with Gasteiger partial charge in [-0.2, -0.15) is 4.68 Å². The summed E-state index contributed by atoms with van der Waals surface area (Å²) in [5, 5.41) is 4.56. The smallest absolute Gasteiger partial charge is 0.289 e. The van der Waals surface area contributed by atoms with Crippen molar-refractivity contribution in [1.29, 1.82) is 0 Å². The lowest BCUT2D eigenvalue weighted by Gasteiger charge is -2.35. The first kappa shape index (κ1) is 18.0. The lowest BCUT2D eigenvalue weighted by molar-refractivity contribution is 0.0714. The lowest BCUT2D eigenvalue weighted by atomic mass is 10.1. The Bertz CT molecular complexity index is 1050. The van der Waals surface area contributed by atoms with E-state index in [-0.39, 0.29) is 11.5 Å². The number of hydrogen-bond donors (Lipinski definition) is 0. The zero-order chi connectivity index (χ0) is 19.7. The molecule has 0 saturated carbocycles. The maximum absolute atomic E-state index is 12.4. The average molecular weight is 378 g/mol. The predicted octanol–water partition coefficient (Wildman–Crippen LogP) is 2.40. The molecule has 1 amide bonds. The van der Waals surface area contributed by atoms with Gasteiger partial charge in [-0.15, -0.1) is 5.10 Å². The quantitative estimate of drug-likeness (QED) is 0.700. The molecule has 1 fully saturated rings. The molecule has 0 aliphatic carbocycles. The van der Waals surface area contributed by atoms with Crippen LogP contribution in [0.5, 0.6) is 0 Å². The molecule has 0 atom stereocenters. The van der Waals surface area contributed by atoms with Gasteiger partial charge in [0.15, 0.2) is 5.76 Å². The number of amides is 1. The number of anilines is 1. The number of furan rings is 1. The first-order chi connectivity index (χ1) is 13.5. The molecule has 28 heavy (non-hydrogen) atoms. The van der Waals surface area contributed by atoms with Gasteiger partial charge in [-0.1, -0.05) is 6.07 Å². The summed E-state index contributed by atoms with van der Waals surface area (Å²) < 4.78 is 6.63. The van der Waals surface area contributed by atoms with E-state index in [2.05, 4.69) is 10.00 Å². The molecule has 3 aromatic rings. The van der Waals surface area contributed by atoms with E-state index in [0.717, 1.165) is 17.1 Å². The van der Waals surface area contributed by atoms with E-state index in [9.17, 15) is 9.59 Å². The second kappa shape index (κ2) is 7.34. The molecule has 7 nitrogen and oxygen atoms in total. The summed E-state index contributed by atoms with van der Waals surface area (Å²) >= 11 is 0. The van der Waals surface area contributed by atoms with Crippen LogP contribution in [-0.4, -0.2) is 46.8 Å². The molecule has 0 N–H and O–H groups in total. The van der Waals surface area contributed by atoms with Crippen molar-refractivity contribution in [3.8, 4) is 5.69 Å². The van der Waals surface area contributed by atoms with Crippen molar-refractivity contribution in [2.24, 2.45) is 0 Å². The second-order valence-corrected chi connectivity index (χ2v) is 6.97. The molecule has 2 aromatic heterocycles. The predicted molar refractivity (Wildman–Crippen MR) is 106 cm³/mol. The Morgan fingerprint density at radius 2 is 1.79 bits per heavy atom. The SMILES string of the molecule is Cc1ccc(-n2nc(N3CCN(C(=O)c4ccco4)CC3)ccc2=O)cc1C. The molecule has 144 valence electrons. The summed E-state index contributed by atoms with van der Waals surface area (Å²) in [4.78, 5) is 28.6. The third-order valence-corrected chi connectivity index (χ3v) is 5.14. The Morgan fingerprint density at radius 3 is 2.46 bits per heavy atom. The first-order valence-electron chi connectivity index (χ1n) is 9.29. The number of aromatic nitrogens is 2. The normalized spacial score (nSPS) is 14.4. The number of hydrogen-bond acceptors (Lipinski definition) is 5. The highest BCUT2D eigenvalue weighted by atomic mass is 16.3. The summed E-state index contributed by atoms with van der Waals surface area (Å²) in [5.41, 5.74) is 2.87. The number of carbonyl (C=O) groups is 1. The zero-order valence-corrected chi connectivity index (χ0v) is 16.0. The largest absolute Gasteiger partial charge is 0.459 e. The van der Waals surface area contributed by atoms with Crippen LogP contribution in [0.3, 0.4) is 0 Å². The fourth-order valence-electron chi connectivity index (χ4n) is 3.31. The summed E-state index contributed by atoms with van der Waals surface area (Å²) in [7, 11) is 0. The van der Waals surface area contributed by atoms with Crippen molar-refractivity contribution in [2.75, 3.05) is 31.1 Å². The Hall–Kier alpha value is -3.35. The first-order valence-corrected chi connectivity index (χ1v) is 9.29. The minimum absolute atomic E-state index is 0.0993. The third kappa shape index (κ3) is 3.43. The number of rotatable bonds is 3. The molecule has 1 aliphatic rings. The van der Waals surface area contributed by atoms with Gasteiger partial charge in [-0.3, -0.25) is 9.59 Å². The highest BCUT2D eigenvalue weighted by molar-refractivity contribution is 5.91. The highest BCUT2D eigenvalue weighted by Crippen LogP contribution is 2.16. The Kier molecular flexibility index (Phi) is 4.73. The fourth-order valence-corrected chi connectivity index (χ4v) is 3.31. The van der Waals surface area contributed by atoms with Crippen LogP contribution in [0.1, 0.15) is 21.7 Å². The van der Waals surface area contributed by atoms with Crippen molar-refractivity contribution in [3.63, 3.8) is 0 Å². The number of benzene rings is 1. The summed E-state index contributed by atoms with van der Waals surface area (Å²) in [6.07, 6.45) is 1.50. The Balaban J connectivity index is 1.52. The number of piperazine rings is 1. The van der Waals surface area contributed by atoms with Crippen molar-refractivity contribution in [2.45, 2.75) is 13.8 Å². The van der Waals surface area contributed by atoms with E-state index >= 15 is 0 Å². The number of carbonyl (C=O) groups excluding carboxylic acids is 1. The molecule has 0 bridgehead atoms. The van der Waals surface area contributed by atoms with Gasteiger partial charge < -0.3 is 14.2 Å². The summed E-state index contributed by atoms with van der Waals surface area (Å²) in [6, 6.07) is 12.5. The lowest BCUT2D eigenvalue weighted by Crippen LogP contribution is -2.49. The molecule has 1 aliphatic heterocycles. The van der Waals surface area contributed by atoms with E-state index in [1.165, 1.54) is 22.6 Å². The number of nitrogens with zero attached hydrogens (tertiary/aromatic N) is 4. The zero-order valence-electron chi connectivity index (χ0n) is 16.0. The van der Waals surface area contributed by atoms with Gasteiger partial charge in [-0.25, -0.2) is 0 Å². The van der Waals surface area contributed by atoms with E-state index in [1.54, 1.807) is 23.1 Å². The van der Waals surface area contributed by atoms with Gasteiger partial charge in [0.05, 0.1) is 12.0 Å². The molecule has 0 radical (unpaired) electrons. The maximum atomic E-state index is 12.4. The minimum atomic E-state index is -0.168. The molecule has 7 heteroatoms. The van der Waals surface area contributed by atoms with Crippen LogP contribution >= 0.6 is 0 Å². The molecular weight excluding hydrogens is 356 g/mol. The Morgan fingerprint density at radius 1 is 1.00 bits per heavy atom. The molecule has 1 saturated heterocycles. The topological polar surface area (TPSA) is 71.6 Å². The third-order valence-electron chi connectivity index (χ3n) is 5.14. The Labute approximate surface area is 162 Å². The molecule has 4 rings (SSSR count). The van der Waals surface area contributed by atoms with Crippen LogP contribution in [0.4, 0.5) is 5.82 Å². The van der Waals surface area contributed by atoms with Crippen LogP contribution in [0.2, 0.25) is 0 Å². The monoisotopic (exact) mass is 378 g/mol. The van der Waals surface area contributed by atoms with Crippen LogP contribution in [0, 0.1) is 13.8 Å². The van der Waals surface area contributed by atoms with Crippen molar-refractivity contribution in [3.05, 3.63) is 76.0 Å². The maximum Gasteiger partial charge on any atom is 0.289 e. The average Bonchev–Trinajstić information content (AvgIpc) is 3.25. The fraction of sp³-hybridized carbons (Fsp3) is 0.286. The standard InChI is InChI=1S/C21H22N4O3/c1-15-5-6-17(14-16(15)2)25-20(26)8-7-19(22-25)23-9-11-24(12-10-23)21(27)18-4-3-13-28-18/h3-8,13-14H,9-12H2,1-2H3. The van der Waals surface area contributed by atoms with Crippen LogP contribution in [0.25, 0.3) is 5.69 Å². The van der Waals surface area contributed by atoms with Crippen LogP contribution < -0.4 is 10.5 Å². The minimum Gasteiger partial charge on any atom is -0.459 e. The molecular formula is C21H22N4O3. The van der Waals surface area contributed by atoms with Gasteiger partial charge in [0.1, 0.15) is 5.82 Å². The van der Waals surface area contributed by atoms with Gasteiger partial charge >= 0.3 is 0 Å². The molecule has 1 aromatic carbocycles. The van der Waals surface area contributed by atoms with Gasteiger partial charge in [0.2, 0.25) is 0 Å². The van der Waals surface area contributed by atoms with E-state index in [4.69, 9.17) is 4.42 Å². The molecule has 3 heterocycles. The van der Waals surface area contributed by atoms with Crippen molar-refractivity contribution in [1.82, 2.24) is 14.7 Å². The van der Waals surface area contributed by atoms with Gasteiger partial charge in [0.25, 0.3) is 11.5 Å². The van der Waals surface area contributed by atoms with Crippen molar-refractivity contribution >= 4 is 11.7 Å². The molecule has 0 unspecified atom stereocenters. The van der Waals surface area contributed by atoms with Crippen molar-refractivity contribution < 1.29 is 9.21 Å². The summed E-state index contributed by atoms with van der Waals surface area (Å²) in [6.45, 7) is 6.49. The van der Waals surface area contributed by atoms with E-state index in [1.807, 2.05) is 32.0 Å². The van der Waals surface area contributed by atoms with E-state index < -0.39 is 0 Å². The number of aryl methyl sites for hydroxylation is 2. The van der Waals surface area contributed by atoms with Crippen LogP contribution in [0.15, 0.2) is 57.9 Å². The summed E-state index contributed by atoms with van der Waals surface area (Å²) in [5.74, 6) is 0.982. The van der Waals surface area contributed by atoms with Gasteiger partial charge in [0, 0.05) is 32.2 Å². The van der Waals surface area contributed by atoms with E-state index in [0.29, 0.717) is 31.9 Å². The van der Waals surface area contributed by atoms with Crippen LogP contribution in [-0.2, 0) is 0 Å². The second-order valence-electron chi connectivity index (χ2n) is 6.97.